The molecule has 0 spiro atoms. The van der Waals surface area contributed by atoms with Crippen LogP contribution in [-0.4, -0.2) is 60.8 Å². The van der Waals surface area contributed by atoms with Gasteiger partial charge in [0.2, 0.25) is 5.89 Å². The lowest BCUT2D eigenvalue weighted by atomic mass is 10.2. The van der Waals surface area contributed by atoms with Gasteiger partial charge >= 0.3 is 6.18 Å². The summed E-state index contributed by atoms with van der Waals surface area (Å²) in [6.07, 6.45) is -3.35. The van der Waals surface area contributed by atoms with Gasteiger partial charge in [0.15, 0.2) is 11.5 Å². The summed E-state index contributed by atoms with van der Waals surface area (Å²) in [4.78, 5) is 15.6. The van der Waals surface area contributed by atoms with Gasteiger partial charge in [0.05, 0.1) is 6.04 Å². The number of hydrogen-bond donors (Lipinski definition) is 0. The van der Waals surface area contributed by atoms with Crippen molar-refractivity contribution in [2.24, 2.45) is 0 Å². The summed E-state index contributed by atoms with van der Waals surface area (Å²) in [5.41, 5.74) is -0.977. The van der Waals surface area contributed by atoms with Crippen molar-refractivity contribution in [2.75, 3.05) is 31.1 Å². The molecule has 9 nitrogen and oxygen atoms in total. The number of piperazine rings is 1. The number of anilines is 1. The van der Waals surface area contributed by atoms with E-state index >= 15 is 0 Å². The first-order chi connectivity index (χ1) is 12.8. The summed E-state index contributed by atoms with van der Waals surface area (Å²) in [7, 11) is 0. The van der Waals surface area contributed by atoms with Crippen LogP contribution in [0.5, 0.6) is 0 Å². The van der Waals surface area contributed by atoms with Crippen LogP contribution in [0.2, 0.25) is 0 Å². The van der Waals surface area contributed by atoms with Gasteiger partial charge in [0.1, 0.15) is 12.1 Å². The van der Waals surface area contributed by atoms with Crippen molar-refractivity contribution in [3.8, 4) is 0 Å². The third-order valence-corrected chi connectivity index (χ3v) is 4.61. The molecule has 1 fully saturated rings. The Bertz CT molecular complexity index is 944. The van der Waals surface area contributed by atoms with Crippen LogP contribution in [0.15, 0.2) is 16.9 Å². The maximum absolute atomic E-state index is 13.2. The van der Waals surface area contributed by atoms with Gasteiger partial charge in [0.25, 0.3) is 5.78 Å². The topological polar surface area (TPSA) is 88.5 Å². The first-order valence-electron chi connectivity index (χ1n) is 8.40. The molecule has 144 valence electrons. The normalized spacial score (nSPS) is 17.6. The molecule has 0 aliphatic carbocycles. The Kier molecular flexibility index (Phi) is 4.21. The van der Waals surface area contributed by atoms with Gasteiger partial charge in [-0.1, -0.05) is 5.16 Å². The minimum absolute atomic E-state index is 0.0667. The molecular formula is C15H17F3N8O. The van der Waals surface area contributed by atoms with Gasteiger partial charge < -0.3 is 9.42 Å². The molecule has 0 aromatic carbocycles. The Balaban J connectivity index is 1.55. The molecule has 3 aromatic heterocycles. The Morgan fingerprint density at radius 3 is 2.52 bits per heavy atom. The van der Waals surface area contributed by atoms with E-state index < -0.39 is 11.9 Å². The highest BCUT2D eigenvalue weighted by Crippen LogP contribution is 2.31. The molecule has 12 heteroatoms. The number of hydrogen-bond acceptors (Lipinski definition) is 8. The molecule has 1 aliphatic rings. The Labute approximate surface area is 151 Å². The number of halogens is 3. The summed E-state index contributed by atoms with van der Waals surface area (Å²) in [6.45, 7) is 6.02. The summed E-state index contributed by atoms with van der Waals surface area (Å²) in [6, 6.07) is 0.949. The number of nitrogens with zero attached hydrogens (tertiary/aromatic N) is 8. The monoisotopic (exact) mass is 382 g/mol. The van der Waals surface area contributed by atoms with Crippen LogP contribution in [-0.2, 0) is 6.18 Å². The van der Waals surface area contributed by atoms with Gasteiger partial charge in [-0.15, -0.1) is 0 Å². The van der Waals surface area contributed by atoms with Crippen molar-refractivity contribution in [3.63, 3.8) is 0 Å². The van der Waals surface area contributed by atoms with E-state index in [0.717, 1.165) is 6.07 Å². The summed E-state index contributed by atoms with van der Waals surface area (Å²) in [5.74, 6) is 1.35. The number of aromatic nitrogens is 6. The largest absolute Gasteiger partial charge is 0.433 e. The maximum Gasteiger partial charge on any atom is 0.433 e. The summed E-state index contributed by atoms with van der Waals surface area (Å²) < 4.78 is 46.0. The average Bonchev–Trinajstić information content (AvgIpc) is 3.28. The minimum Gasteiger partial charge on any atom is -0.354 e. The van der Waals surface area contributed by atoms with Crippen LogP contribution in [0.4, 0.5) is 19.0 Å². The van der Waals surface area contributed by atoms with Crippen LogP contribution in [0.1, 0.15) is 30.4 Å². The van der Waals surface area contributed by atoms with Gasteiger partial charge in [-0.25, -0.2) is 4.98 Å². The molecule has 0 bridgehead atoms. The van der Waals surface area contributed by atoms with Crippen molar-refractivity contribution in [2.45, 2.75) is 26.1 Å². The lowest BCUT2D eigenvalue weighted by molar-refractivity contribution is -0.141. The van der Waals surface area contributed by atoms with Crippen molar-refractivity contribution in [1.82, 2.24) is 34.6 Å². The zero-order valence-electron chi connectivity index (χ0n) is 14.7. The molecule has 3 aromatic rings. The first kappa shape index (κ1) is 17.6. The van der Waals surface area contributed by atoms with Gasteiger partial charge in [0, 0.05) is 32.2 Å². The van der Waals surface area contributed by atoms with E-state index in [1.807, 2.05) is 11.8 Å². The number of rotatable bonds is 3. The summed E-state index contributed by atoms with van der Waals surface area (Å²) in [5, 5.41) is 7.81. The van der Waals surface area contributed by atoms with E-state index in [1.165, 1.54) is 10.8 Å². The molecule has 1 unspecified atom stereocenters. The fourth-order valence-electron chi connectivity index (χ4n) is 3.14. The molecular weight excluding hydrogens is 365 g/mol. The standard InChI is InChI=1S/C15H17F3N8O/c1-9(13-21-10(2)23-27-13)24-3-5-25(6-4-24)12-7-11(15(16,17)18)22-14-19-8-20-26(12)14/h7-9H,3-6H2,1-2H3. The first-order valence-corrected chi connectivity index (χ1v) is 8.40. The molecule has 1 aliphatic heterocycles. The number of fused-ring (bicyclic) bond motifs is 1. The van der Waals surface area contributed by atoms with Crippen LogP contribution < -0.4 is 4.90 Å². The quantitative estimate of drug-likeness (QED) is 0.677. The van der Waals surface area contributed by atoms with E-state index in [4.69, 9.17) is 4.52 Å². The molecule has 1 saturated heterocycles. The molecule has 0 saturated carbocycles. The van der Waals surface area contributed by atoms with E-state index in [-0.39, 0.29) is 11.8 Å². The second kappa shape index (κ2) is 6.44. The molecule has 27 heavy (non-hydrogen) atoms. The third kappa shape index (κ3) is 3.31. The average molecular weight is 382 g/mol. The predicted octanol–water partition coefficient (Wildman–Crippen LogP) is 1.72. The van der Waals surface area contributed by atoms with Gasteiger partial charge in [-0.2, -0.15) is 32.8 Å². The molecule has 0 N–H and O–H groups in total. The second-order valence-corrected chi connectivity index (χ2v) is 6.35. The highest BCUT2D eigenvalue weighted by Gasteiger charge is 2.35. The highest BCUT2D eigenvalue weighted by atomic mass is 19.4. The van der Waals surface area contributed by atoms with Crippen molar-refractivity contribution in [1.29, 1.82) is 0 Å². The minimum atomic E-state index is -4.55. The SMILES string of the molecule is Cc1noc(C(C)N2CCN(c3cc(C(F)(F)F)nc4ncnn34)CC2)n1. The van der Waals surface area contributed by atoms with Crippen molar-refractivity contribution in [3.05, 3.63) is 29.8 Å². The lowest BCUT2D eigenvalue weighted by Gasteiger charge is -2.37. The van der Waals surface area contributed by atoms with Crippen LogP contribution >= 0.6 is 0 Å². The number of aryl methyl sites for hydroxylation is 1. The highest BCUT2D eigenvalue weighted by molar-refractivity contribution is 5.48. The molecule has 0 radical (unpaired) electrons. The number of alkyl halides is 3. The van der Waals surface area contributed by atoms with Crippen molar-refractivity contribution < 1.29 is 17.7 Å². The fraction of sp³-hybridized carbons (Fsp3) is 0.533. The molecule has 0 amide bonds. The third-order valence-electron chi connectivity index (χ3n) is 4.61. The maximum atomic E-state index is 13.2. The zero-order chi connectivity index (χ0) is 19.2. The van der Waals surface area contributed by atoms with Gasteiger partial charge in [-0.3, -0.25) is 4.90 Å². The van der Waals surface area contributed by atoms with E-state index in [9.17, 15) is 13.2 Å². The fourth-order valence-corrected chi connectivity index (χ4v) is 3.14. The van der Waals surface area contributed by atoms with E-state index in [1.54, 1.807) is 6.92 Å². The smallest absolute Gasteiger partial charge is 0.354 e. The zero-order valence-corrected chi connectivity index (χ0v) is 14.7. The van der Waals surface area contributed by atoms with Crippen LogP contribution in [0.3, 0.4) is 0 Å². The summed E-state index contributed by atoms with van der Waals surface area (Å²) >= 11 is 0. The Morgan fingerprint density at radius 1 is 1.15 bits per heavy atom. The second-order valence-electron chi connectivity index (χ2n) is 6.35. The van der Waals surface area contributed by atoms with E-state index in [0.29, 0.717) is 43.7 Å². The Morgan fingerprint density at radius 2 is 1.89 bits per heavy atom. The molecule has 4 heterocycles. The Hall–Kier alpha value is -2.76. The van der Waals surface area contributed by atoms with Crippen LogP contribution in [0.25, 0.3) is 5.78 Å². The van der Waals surface area contributed by atoms with Crippen LogP contribution in [0, 0.1) is 6.92 Å². The predicted molar refractivity (Wildman–Crippen MR) is 87.0 cm³/mol. The van der Waals surface area contributed by atoms with Crippen molar-refractivity contribution >= 4 is 11.6 Å². The molecule has 4 rings (SSSR count). The molecule has 1 atom stereocenters. The van der Waals surface area contributed by atoms with E-state index in [2.05, 4.69) is 30.1 Å². The lowest BCUT2D eigenvalue weighted by Crippen LogP contribution is -2.48. The van der Waals surface area contributed by atoms with Gasteiger partial charge in [-0.05, 0) is 13.8 Å².